The molecule has 7 nitrogen and oxygen atoms in total. The van der Waals surface area contributed by atoms with Gasteiger partial charge in [0.2, 0.25) is 17.7 Å². The van der Waals surface area contributed by atoms with Gasteiger partial charge < -0.3 is 14.8 Å². The second-order valence-corrected chi connectivity index (χ2v) is 5.16. The lowest BCUT2D eigenvalue weighted by Gasteiger charge is -2.14. The number of likely N-dealkylation sites (tertiary alicyclic amines) is 1. The number of amides is 3. The van der Waals surface area contributed by atoms with Gasteiger partial charge in [-0.25, -0.2) is 0 Å². The van der Waals surface area contributed by atoms with E-state index in [1.165, 1.54) is 12.0 Å². The van der Waals surface area contributed by atoms with Crippen molar-refractivity contribution in [2.75, 3.05) is 26.1 Å². The second-order valence-electron chi connectivity index (χ2n) is 5.16. The molecule has 0 aliphatic carbocycles. The van der Waals surface area contributed by atoms with Crippen molar-refractivity contribution in [1.29, 1.82) is 0 Å². The van der Waals surface area contributed by atoms with E-state index in [0.29, 0.717) is 23.6 Å². The van der Waals surface area contributed by atoms with Gasteiger partial charge in [0.25, 0.3) is 0 Å². The minimum absolute atomic E-state index is 0.160. The molecule has 1 N–H and O–H groups in total. The third kappa shape index (κ3) is 4.21. The van der Waals surface area contributed by atoms with E-state index in [9.17, 15) is 14.4 Å². The summed E-state index contributed by atoms with van der Waals surface area (Å²) >= 11 is 0. The minimum atomic E-state index is -0.201. The first-order valence-corrected chi connectivity index (χ1v) is 7.40. The summed E-state index contributed by atoms with van der Waals surface area (Å²) in [7, 11) is 3.06. The van der Waals surface area contributed by atoms with Gasteiger partial charge in [-0.05, 0) is 18.6 Å². The number of hydrogen-bond acceptors (Lipinski definition) is 5. The van der Waals surface area contributed by atoms with Crippen molar-refractivity contribution in [3.8, 4) is 11.5 Å². The first-order valence-electron chi connectivity index (χ1n) is 7.40. The van der Waals surface area contributed by atoms with E-state index >= 15 is 0 Å². The smallest absolute Gasteiger partial charge is 0.229 e. The number of carbonyl (C=O) groups excluding carboxylic acids is 3. The number of methoxy groups -OCH3 is 2. The molecular weight excluding hydrogens is 300 g/mol. The largest absolute Gasteiger partial charge is 0.497 e. The van der Waals surface area contributed by atoms with Crippen LogP contribution < -0.4 is 14.8 Å². The molecule has 1 aliphatic rings. The number of nitrogens with zero attached hydrogens (tertiary/aromatic N) is 1. The lowest BCUT2D eigenvalue weighted by atomic mass is 10.2. The molecule has 2 rings (SSSR count). The Morgan fingerprint density at radius 3 is 2.48 bits per heavy atom. The van der Waals surface area contributed by atoms with Crippen molar-refractivity contribution >= 4 is 23.4 Å². The summed E-state index contributed by atoms with van der Waals surface area (Å²) in [5.74, 6) is 0.612. The molecule has 7 heteroatoms. The Bertz CT molecular complexity index is 598. The van der Waals surface area contributed by atoms with Crippen LogP contribution in [0, 0.1) is 0 Å². The Hall–Kier alpha value is -2.57. The molecule has 1 aromatic carbocycles. The molecular formula is C16H20N2O5. The highest BCUT2D eigenvalue weighted by Gasteiger charge is 2.28. The van der Waals surface area contributed by atoms with Crippen LogP contribution in [0.5, 0.6) is 11.5 Å². The van der Waals surface area contributed by atoms with Gasteiger partial charge in [0.05, 0.1) is 19.9 Å². The molecule has 23 heavy (non-hydrogen) atoms. The average Bonchev–Trinajstić information content (AvgIpc) is 2.87. The molecule has 1 saturated heterocycles. The van der Waals surface area contributed by atoms with Crippen molar-refractivity contribution in [1.82, 2.24) is 4.90 Å². The Kier molecular flexibility index (Phi) is 5.56. The van der Waals surface area contributed by atoms with E-state index in [0.717, 1.165) is 0 Å². The zero-order chi connectivity index (χ0) is 16.8. The number of hydrogen-bond donors (Lipinski definition) is 1. The summed E-state index contributed by atoms with van der Waals surface area (Å²) in [6, 6.07) is 5.10. The van der Waals surface area contributed by atoms with Crippen LogP contribution in [-0.2, 0) is 14.4 Å². The van der Waals surface area contributed by atoms with Crippen molar-refractivity contribution in [3.05, 3.63) is 18.2 Å². The molecule has 3 amide bonds. The van der Waals surface area contributed by atoms with Gasteiger partial charge in [0.15, 0.2) is 0 Å². The third-order valence-electron chi connectivity index (χ3n) is 3.62. The zero-order valence-electron chi connectivity index (χ0n) is 13.3. The summed E-state index contributed by atoms with van der Waals surface area (Å²) in [6.07, 6.45) is 1.19. The van der Waals surface area contributed by atoms with Crippen LogP contribution in [0.3, 0.4) is 0 Å². The summed E-state index contributed by atoms with van der Waals surface area (Å²) in [4.78, 5) is 36.2. The van der Waals surface area contributed by atoms with Crippen molar-refractivity contribution in [2.24, 2.45) is 0 Å². The highest BCUT2D eigenvalue weighted by atomic mass is 16.5. The molecule has 1 fully saturated rings. The molecule has 0 radical (unpaired) electrons. The van der Waals surface area contributed by atoms with E-state index in [4.69, 9.17) is 9.47 Å². The van der Waals surface area contributed by atoms with Crippen LogP contribution in [0.4, 0.5) is 5.69 Å². The number of benzene rings is 1. The Morgan fingerprint density at radius 2 is 1.87 bits per heavy atom. The van der Waals surface area contributed by atoms with E-state index in [1.54, 1.807) is 25.3 Å². The van der Waals surface area contributed by atoms with Gasteiger partial charge in [-0.1, -0.05) is 0 Å². The topological polar surface area (TPSA) is 84.9 Å². The maximum atomic E-state index is 12.0. The molecule has 124 valence electrons. The number of ether oxygens (including phenoxy) is 2. The van der Waals surface area contributed by atoms with Gasteiger partial charge in [-0.15, -0.1) is 0 Å². The van der Waals surface area contributed by atoms with Crippen LogP contribution in [0.25, 0.3) is 0 Å². The molecule has 0 unspecified atom stereocenters. The van der Waals surface area contributed by atoms with Crippen LogP contribution in [-0.4, -0.2) is 43.4 Å². The van der Waals surface area contributed by atoms with Crippen molar-refractivity contribution in [2.45, 2.75) is 25.7 Å². The summed E-state index contributed by atoms with van der Waals surface area (Å²) < 4.78 is 10.3. The molecule has 0 spiro atoms. The highest BCUT2D eigenvalue weighted by Crippen LogP contribution is 2.29. The van der Waals surface area contributed by atoms with Gasteiger partial charge in [0, 0.05) is 31.9 Å². The van der Waals surface area contributed by atoms with Crippen LogP contribution in [0.2, 0.25) is 0 Å². The van der Waals surface area contributed by atoms with Crippen LogP contribution in [0.15, 0.2) is 18.2 Å². The maximum absolute atomic E-state index is 12.0. The standard InChI is InChI=1S/C16H20N2O5/c1-22-11-5-6-12(13(10-11)23-2)17-14(19)4-3-9-18-15(20)7-8-16(18)21/h5-6,10H,3-4,7-9H2,1-2H3,(H,17,19). The van der Waals surface area contributed by atoms with E-state index in [-0.39, 0.29) is 43.5 Å². The van der Waals surface area contributed by atoms with Crippen LogP contribution >= 0.6 is 0 Å². The first-order chi connectivity index (χ1) is 11.0. The van der Waals surface area contributed by atoms with Crippen molar-refractivity contribution in [3.63, 3.8) is 0 Å². The molecule has 0 aromatic heterocycles. The monoisotopic (exact) mass is 320 g/mol. The minimum Gasteiger partial charge on any atom is -0.497 e. The molecule has 1 aromatic rings. The fraction of sp³-hybridized carbons (Fsp3) is 0.438. The number of anilines is 1. The number of carbonyl (C=O) groups is 3. The molecule has 1 heterocycles. The van der Waals surface area contributed by atoms with E-state index in [1.807, 2.05) is 0 Å². The van der Waals surface area contributed by atoms with Gasteiger partial charge in [0.1, 0.15) is 11.5 Å². The zero-order valence-corrected chi connectivity index (χ0v) is 13.3. The Labute approximate surface area is 134 Å². The van der Waals surface area contributed by atoms with Gasteiger partial charge >= 0.3 is 0 Å². The molecule has 0 saturated carbocycles. The lowest BCUT2D eigenvalue weighted by Crippen LogP contribution is -2.30. The highest BCUT2D eigenvalue weighted by molar-refractivity contribution is 6.02. The van der Waals surface area contributed by atoms with Gasteiger partial charge in [-0.2, -0.15) is 0 Å². The Balaban J connectivity index is 1.85. The SMILES string of the molecule is COc1ccc(NC(=O)CCCN2C(=O)CCC2=O)c(OC)c1. The summed E-state index contributed by atoms with van der Waals surface area (Å²) in [6.45, 7) is 0.283. The maximum Gasteiger partial charge on any atom is 0.229 e. The first kappa shape index (κ1) is 16.8. The second kappa shape index (κ2) is 7.62. The number of rotatable bonds is 7. The predicted octanol–water partition coefficient (Wildman–Crippen LogP) is 1.57. The quantitative estimate of drug-likeness (QED) is 0.771. The van der Waals surface area contributed by atoms with E-state index in [2.05, 4.69) is 5.32 Å². The average molecular weight is 320 g/mol. The van der Waals surface area contributed by atoms with Crippen LogP contribution in [0.1, 0.15) is 25.7 Å². The predicted molar refractivity (Wildman–Crippen MR) is 83.4 cm³/mol. The van der Waals surface area contributed by atoms with Gasteiger partial charge in [-0.3, -0.25) is 19.3 Å². The van der Waals surface area contributed by atoms with Crippen molar-refractivity contribution < 1.29 is 23.9 Å². The molecule has 0 bridgehead atoms. The fourth-order valence-electron chi connectivity index (χ4n) is 2.38. The normalized spacial score (nSPS) is 14.1. The molecule has 1 aliphatic heterocycles. The van der Waals surface area contributed by atoms with E-state index < -0.39 is 0 Å². The summed E-state index contributed by atoms with van der Waals surface area (Å²) in [5, 5.41) is 2.75. The summed E-state index contributed by atoms with van der Waals surface area (Å²) in [5.41, 5.74) is 0.548. The Morgan fingerprint density at radius 1 is 1.17 bits per heavy atom. The number of imide groups is 1. The fourth-order valence-corrected chi connectivity index (χ4v) is 2.38. The lowest BCUT2D eigenvalue weighted by molar-refractivity contribution is -0.138. The number of nitrogens with one attached hydrogen (secondary N) is 1. The third-order valence-corrected chi connectivity index (χ3v) is 3.62. The molecule has 0 atom stereocenters.